The fourth-order valence-corrected chi connectivity index (χ4v) is 1.95. The molecule has 0 saturated heterocycles. The normalized spacial score (nSPS) is 10.6. The molecule has 1 rings (SSSR count). The van der Waals surface area contributed by atoms with E-state index in [1.807, 2.05) is 0 Å². The highest BCUT2D eigenvalue weighted by atomic mass is 79.9. The summed E-state index contributed by atoms with van der Waals surface area (Å²) in [5.74, 6) is -0.861. The van der Waals surface area contributed by atoms with Crippen LogP contribution in [-0.2, 0) is 9.47 Å². The summed E-state index contributed by atoms with van der Waals surface area (Å²) in [7, 11) is 1.61. The molecular weight excluding hydrogens is 331 g/mol. The monoisotopic (exact) mass is 348 g/mol. The third-order valence-electron chi connectivity index (χ3n) is 2.51. The van der Waals surface area contributed by atoms with Crippen molar-refractivity contribution in [3.05, 3.63) is 28.0 Å². The maximum atomic E-state index is 13.2. The fourth-order valence-electron chi connectivity index (χ4n) is 1.46. The molecule has 20 heavy (non-hydrogen) atoms. The first-order chi connectivity index (χ1) is 9.56. The molecule has 0 aliphatic rings. The third-order valence-corrected chi connectivity index (χ3v) is 3.17. The van der Waals surface area contributed by atoms with Crippen LogP contribution in [-0.4, -0.2) is 39.4 Å². The quantitative estimate of drug-likeness (QED) is 0.556. The summed E-state index contributed by atoms with van der Waals surface area (Å²) in [5, 5.41) is 2.72. The Morgan fingerprint density at radius 3 is 2.85 bits per heavy atom. The van der Waals surface area contributed by atoms with Gasteiger partial charge in [0.1, 0.15) is 5.82 Å². The van der Waals surface area contributed by atoms with Crippen molar-refractivity contribution in [1.29, 1.82) is 0 Å². The first-order valence-corrected chi connectivity index (χ1v) is 6.95. The average Bonchev–Trinajstić information content (AvgIpc) is 2.41. The lowest BCUT2D eigenvalue weighted by atomic mass is 10.2. The number of rotatable bonds is 8. The number of carbonyl (C=O) groups excluding carboxylic acids is 1. The highest BCUT2D eigenvalue weighted by Gasteiger charge is 2.12. The van der Waals surface area contributed by atoms with Crippen LogP contribution in [0.5, 0.6) is 0 Å². The molecule has 0 heterocycles. The smallest absolute Gasteiger partial charge is 0.252 e. The van der Waals surface area contributed by atoms with Crippen molar-refractivity contribution in [1.82, 2.24) is 5.32 Å². The molecule has 0 fully saturated rings. The van der Waals surface area contributed by atoms with Gasteiger partial charge in [-0.3, -0.25) is 4.79 Å². The number of amides is 1. The van der Waals surface area contributed by atoms with Gasteiger partial charge in [-0.15, -0.1) is 0 Å². The number of nitrogens with two attached hydrogens (primary N) is 1. The van der Waals surface area contributed by atoms with Crippen molar-refractivity contribution in [3.63, 3.8) is 0 Å². The van der Waals surface area contributed by atoms with Gasteiger partial charge in [-0.2, -0.15) is 0 Å². The summed E-state index contributed by atoms with van der Waals surface area (Å²) < 4.78 is 23.6. The number of ether oxygens (including phenoxy) is 2. The minimum atomic E-state index is -0.556. The third kappa shape index (κ3) is 5.44. The van der Waals surface area contributed by atoms with E-state index in [2.05, 4.69) is 21.2 Å². The van der Waals surface area contributed by atoms with Crippen molar-refractivity contribution >= 4 is 27.5 Å². The summed E-state index contributed by atoms with van der Waals surface area (Å²) in [6.07, 6.45) is 0.684. The number of benzene rings is 1. The summed E-state index contributed by atoms with van der Waals surface area (Å²) in [6.45, 7) is 2.09. The molecule has 3 N–H and O–H groups in total. The SMILES string of the molecule is COCCOCCCNC(=O)c1cc(N)c(F)cc1Br. The number of halogens is 2. The molecule has 0 unspecified atom stereocenters. The molecule has 0 bridgehead atoms. The van der Waals surface area contributed by atoms with Crippen molar-refractivity contribution in [2.24, 2.45) is 0 Å². The lowest BCUT2D eigenvalue weighted by Crippen LogP contribution is -2.26. The topological polar surface area (TPSA) is 73.6 Å². The van der Waals surface area contributed by atoms with Crippen LogP contribution in [0.2, 0.25) is 0 Å². The second-order valence-corrected chi connectivity index (χ2v) is 4.92. The molecule has 0 atom stereocenters. The van der Waals surface area contributed by atoms with Gasteiger partial charge in [-0.25, -0.2) is 4.39 Å². The van der Waals surface area contributed by atoms with Crippen LogP contribution in [0.15, 0.2) is 16.6 Å². The van der Waals surface area contributed by atoms with Crippen LogP contribution >= 0.6 is 15.9 Å². The molecule has 7 heteroatoms. The van der Waals surface area contributed by atoms with Crippen LogP contribution < -0.4 is 11.1 Å². The standard InChI is InChI=1S/C13H18BrFN2O3/c1-19-5-6-20-4-2-3-17-13(18)9-7-12(16)11(15)8-10(9)14/h7-8H,2-6,16H2,1H3,(H,17,18). The van der Waals surface area contributed by atoms with Gasteiger partial charge in [0.05, 0.1) is 24.5 Å². The lowest BCUT2D eigenvalue weighted by Gasteiger charge is -2.08. The van der Waals surface area contributed by atoms with E-state index < -0.39 is 5.82 Å². The summed E-state index contributed by atoms with van der Waals surface area (Å²) >= 11 is 3.14. The first kappa shape index (κ1) is 16.9. The van der Waals surface area contributed by atoms with E-state index in [-0.39, 0.29) is 11.6 Å². The molecule has 0 aliphatic carbocycles. The molecule has 0 spiro atoms. The molecule has 0 saturated carbocycles. The zero-order chi connectivity index (χ0) is 15.0. The van der Waals surface area contributed by atoms with Crippen LogP contribution in [0, 0.1) is 5.82 Å². The summed E-state index contributed by atoms with van der Waals surface area (Å²) in [4.78, 5) is 11.9. The number of anilines is 1. The first-order valence-electron chi connectivity index (χ1n) is 6.15. The Morgan fingerprint density at radius 1 is 1.40 bits per heavy atom. The zero-order valence-electron chi connectivity index (χ0n) is 11.2. The Hall–Kier alpha value is -1.18. The second kappa shape index (κ2) is 8.89. The number of nitrogen functional groups attached to an aromatic ring is 1. The predicted molar refractivity (Wildman–Crippen MR) is 78.2 cm³/mol. The van der Waals surface area contributed by atoms with Gasteiger partial charge in [-0.1, -0.05) is 0 Å². The predicted octanol–water partition coefficient (Wildman–Crippen LogP) is 1.95. The van der Waals surface area contributed by atoms with Gasteiger partial charge in [0.2, 0.25) is 0 Å². The molecule has 1 amide bonds. The molecule has 0 aliphatic heterocycles. The van der Waals surface area contributed by atoms with E-state index in [1.165, 1.54) is 12.1 Å². The number of carbonyl (C=O) groups is 1. The van der Waals surface area contributed by atoms with Crippen molar-refractivity contribution in [3.8, 4) is 0 Å². The minimum absolute atomic E-state index is 0.0544. The molecule has 5 nitrogen and oxygen atoms in total. The highest BCUT2D eigenvalue weighted by Crippen LogP contribution is 2.22. The fraction of sp³-hybridized carbons (Fsp3) is 0.462. The van der Waals surface area contributed by atoms with E-state index in [9.17, 15) is 9.18 Å². The Labute approximate surface area is 125 Å². The van der Waals surface area contributed by atoms with E-state index in [1.54, 1.807) is 7.11 Å². The molecule has 1 aromatic rings. The Balaban J connectivity index is 2.34. The zero-order valence-corrected chi connectivity index (χ0v) is 12.8. The molecule has 112 valence electrons. The second-order valence-electron chi connectivity index (χ2n) is 4.07. The van der Waals surface area contributed by atoms with E-state index in [0.717, 1.165) is 0 Å². The van der Waals surface area contributed by atoms with Gasteiger partial charge >= 0.3 is 0 Å². The van der Waals surface area contributed by atoms with Crippen molar-refractivity contribution in [2.45, 2.75) is 6.42 Å². The van der Waals surface area contributed by atoms with E-state index in [0.29, 0.717) is 42.8 Å². The van der Waals surface area contributed by atoms with Gasteiger partial charge in [-0.05, 0) is 34.5 Å². The van der Waals surface area contributed by atoms with E-state index in [4.69, 9.17) is 15.2 Å². The van der Waals surface area contributed by atoms with Gasteiger partial charge < -0.3 is 20.5 Å². The number of hydrogen-bond acceptors (Lipinski definition) is 4. The van der Waals surface area contributed by atoms with Gasteiger partial charge in [0.25, 0.3) is 5.91 Å². The Morgan fingerprint density at radius 2 is 2.15 bits per heavy atom. The Bertz CT molecular complexity index is 457. The molecular formula is C13H18BrFN2O3. The molecule has 0 radical (unpaired) electrons. The van der Waals surface area contributed by atoms with Crippen molar-refractivity contribution in [2.75, 3.05) is 39.2 Å². The highest BCUT2D eigenvalue weighted by molar-refractivity contribution is 9.10. The summed E-state index contributed by atoms with van der Waals surface area (Å²) in [6, 6.07) is 2.49. The maximum Gasteiger partial charge on any atom is 0.252 e. The minimum Gasteiger partial charge on any atom is -0.396 e. The van der Waals surface area contributed by atoms with E-state index >= 15 is 0 Å². The maximum absolute atomic E-state index is 13.2. The lowest BCUT2D eigenvalue weighted by molar-refractivity contribution is 0.0688. The average molecular weight is 349 g/mol. The summed E-state index contributed by atoms with van der Waals surface area (Å²) in [5.41, 5.74) is 5.70. The van der Waals surface area contributed by atoms with Gasteiger partial charge in [0, 0.05) is 24.7 Å². The van der Waals surface area contributed by atoms with Crippen LogP contribution in [0.3, 0.4) is 0 Å². The number of methoxy groups -OCH3 is 1. The Kier molecular flexibility index (Phi) is 7.50. The van der Waals surface area contributed by atoms with Crippen LogP contribution in [0.25, 0.3) is 0 Å². The number of hydrogen-bond donors (Lipinski definition) is 2. The largest absolute Gasteiger partial charge is 0.396 e. The van der Waals surface area contributed by atoms with Crippen LogP contribution in [0.1, 0.15) is 16.8 Å². The van der Waals surface area contributed by atoms with Crippen molar-refractivity contribution < 1.29 is 18.7 Å². The van der Waals surface area contributed by atoms with Crippen LogP contribution in [0.4, 0.5) is 10.1 Å². The number of nitrogens with one attached hydrogen (secondary N) is 1. The molecule has 1 aromatic carbocycles. The molecule has 0 aromatic heterocycles. The van der Waals surface area contributed by atoms with Gasteiger partial charge in [0.15, 0.2) is 0 Å².